The van der Waals surface area contributed by atoms with Crippen LogP contribution in [0.2, 0.25) is 0 Å². The van der Waals surface area contributed by atoms with Gasteiger partial charge in [0.1, 0.15) is 5.56 Å². The van der Waals surface area contributed by atoms with E-state index in [1.807, 2.05) is 0 Å². The van der Waals surface area contributed by atoms with Crippen LogP contribution in [0.15, 0.2) is 6.07 Å². The van der Waals surface area contributed by atoms with Crippen molar-refractivity contribution in [1.29, 1.82) is 0 Å². The molecule has 19 heavy (non-hydrogen) atoms. The fraction of sp³-hybridized carbons (Fsp3) is 0.364. The Labute approximate surface area is 109 Å². The van der Waals surface area contributed by atoms with Crippen molar-refractivity contribution in [3.63, 3.8) is 0 Å². The van der Waals surface area contributed by atoms with Crippen LogP contribution in [-0.4, -0.2) is 39.3 Å². The SMILES string of the molecule is COCOc1cc(C=O)c([N+](=O)[O-])c(OC)c1OC. The molecule has 0 unspecified atom stereocenters. The lowest BCUT2D eigenvalue weighted by Gasteiger charge is -2.14. The summed E-state index contributed by atoms with van der Waals surface area (Å²) in [6, 6.07) is 1.20. The quantitative estimate of drug-likeness (QED) is 0.320. The number of hydrogen-bond donors (Lipinski definition) is 0. The van der Waals surface area contributed by atoms with Crippen LogP contribution in [0.25, 0.3) is 0 Å². The highest BCUT2D eigenvalue weighted by Crippen LogP contribution is 2.45. The molecule has 0 N–H and O–H groups in total. The Hall–Kier alpha value is -2.35. The molecule has 0 atom stereocenters. The lowest BCUT2D eigenvalue weighted by Crippen LogP contribution is -2.06. The van der Waals surface area contributed by atoms with Gasteiger partial charge in [0, 0.05) is 13.2 Å². The summed E-state index contributed by atoms with van der Waals surface area (Å²) in [5.41, 5.74) is -0.645. The summed E-state index contributed by atoms with van der Waals surface area (Å²) in [6.45, 7) is -0.102. The fourth-order valence-corrected chi connectivity index (χ4v) is 1.52. The first-order chi connectivity index (χ1) is 9.10. The number of methoxy groups -OCH3 is 3. The normalized spacial score (nSPS) is 9.84. The summed E-state index contributed by atoms with van der Waals surface area (Å²) in [5.74, 6) is -0.0334. The van der Waals surface area contributed by atoms with Gasteiger partial charge in [-0.15, -0.1) is 0 Å². The van der Waals surface area contributed by atoms with Gasteiger partial charge in [-0.2, -0.15) is 0 Å². The molecule has 0 saturated heterocycles. The molecule has 104 valence electrons. The largest absolute Gasteiger partial charge is 0.490 e. The van der Waals surface area contributed by atoms with Crippen molar-refractivity contribution >= 4 is 12.0 Å². The van der Waals surface area contributed by atoms with E-state index in [0.29, 0.717) is 6.29 Å². The molecule has 0 heterocycles. The van der Waals surface area contributed by atoms with Gasteiger partial charge in [0.2, 0.25) is 11.5 Å². The minimum atomic E-state index is -0.717. The van der Waals surface area contributed by atoms with Crippen molar-refractivity contribution in [2.24, 2.45) is 0 Å². The molecular weight excluding hydrogens is 258 g/mol. The average molecular weight is 271 g/mol. The maximum atomic E-state index is 11.0. The van der Waals surface area contributed by atoms with Gasteiger partial charge in [-0.3, -0.25) is 14.9 Å². The third-order valence-electron chi connectivity index (χ3n) is 2.26. The van der Waals surface area contributed by atoms with E-state index in [9.17, 15) is 14.9 Å². The van der Waals surface area contributed by atoms with Gasteiger partial charge >= 0.3 is 5.69 Å². The van der Waals surface area contributed by atoms with Gasteiger partial charge in [-0.25, -0.2) is 0 Å². The molecule has 0 fully saturated rings. The highest BCUT2D eigenvalue weighted by Gasteiger charge is 2.29. The number of benzene rings is 1. The smallest absolute Gasteiger partial charge is 0.325 e. The van der Waals surface area contributed by atoms with Crippen molar-refractivity contribution < 1.29 is 28.7 Å². The van der Waals surface area contributed by atoms with Crippen molar-refractivity contribution in [2.45, 2.75) is 0 Å². The molecule has 0 aliphatic rings. The van der Waals surface area contributed by atoms with Crippen molar-refractivity contribution in [2.75, 3.05) is 28.1 Å². The first-order valence-corrected chi connectivity index (χ1v) is 5.10. The standard InChI is InChI=1S/C11H13NO7/c1-16-6-19-8-4-7(5-13)9(12(14)15)11(18-3)10(8)17-2/h4-5H,6H2,1-3H3. The van der Waals surface area contributed by atoms with Crippen LogP contribution in [0.4, 0.5) is 5.69 Å². The molecule has 0 aromatic heterocycles. The number of nitro benzene ring substituents is 1. The number of carbonyl (C=O) groups excluding carboxylic acids is 1. The zero-order chi connectivity index (χ0) is 14.4. The van der Waals surface area contributed by atoms with E-state index in [1.54, 1.807) is 0 Å². The molecule has 8 nitrogen and oxygen atoms in total. The molecule has 0 bridgehead atoms. The summed E-state index contributed by atoms with van der Waals surface area (Å²) in [4.78, 5) is 21.2. The van der Waals surface area contributed by atoms with Crippen molar-refractivity contribution in [1.82, 2.24) is 0 Å². The Bertz CT molecular complexity index is 486. The average Bonchev–Trinajstić information content (AvgIpc) is 2.42. The Balaban J connectivity index is 3.51. The zero-order valence-corrected chi connectivity index (χ0v) is 10.7. The van der Waals surface area contributed by atoms with Crippen LogP contribution < -0.4 is 14.2 Å². The van der Waals surface area contributed by atoms with Crippen LogP contribution >= 0.6 is 0 Å². The lowest BCUT2D eigenvalue weighted by atomic mass is 10.1. The minimum Gasteiger partial charge on any atom is -0.490 e. The first-order valence-electron chi connectivity index (χ1n) is 5.10. The molecule has 0 aliphatic carbocycles. The van der Waals surface area contributed by atoms with Gasteiger partial charge in [-0.05, 0) is 0 Å². The molecule has 8 heteroatoms. The van der Waals surface area contributed by atoms with Gasteiger partial charge in [0.25, 0.3) is 0 Å². The van der Waals surface area contributed by atoms with Gasteiger partial charge in [0.05, 0.1) is 19.1 Å². The number of hydrogen-bond acceptors (Lipinski definition) is 7. The second-order valence-corrected chi connectivity index (χ2v) is 3.30. The highest BCUT2D eigenvalue weighted by atomic mass is 16.7. The number of carbonyl (C=O) groups is 1. The second kappa shape index (κ2) is 6.55. The second-order valence-electron chi connectivity index (χ2n) is 3.30. The van der Waals surface area contributed by atoms with Crippen LogP contribution in [0.5, 0.6) is 17.2 Å². The minimum absolute atomic E-state index is 0.0249. The highest BCUT2D eigenvalue weighted by molar-refractivity contribution is 5.87. The lowest BCUT2D eigenvalue weighted by molar-refractivity contribution is -0.386. The van der Waals surface area contributed by atoms with Crippen LogP contribution in [0.1, 0.15) is 10.4 Å². The van der Waals surface area contributed by atoms with Crippen LogP contribution in [0.3, 0.4) is 0 Å². The van der Waals surface area contributed by atoms with Gasteiger partial charge in [-0.1, -0.05) is 0 Å². The third-order valence-corrected chi connectivity index (χ3v) is 2.26. The zero-order valence-electron chi connectivity index (χ0n) is 10.7. The predicted molar refractivity (Wildman–Crippen MR) is 64.1 cm³/mol. The Morgan fingerprint density at radius 1 is 1.26 bits per heavy atom. The summed E-state index contributed by atoms with van der Waals surface area (Å²) in [6.07, 6.45) is 0.347. The van der Waals surface area contributed by atoms with Crippen LogP contribution in [0, 0.1) is 10.1 Å². The molecule has 0 radical (unpaired) electrons. The maximum absolute atomic E-state index is 11.0. The Morgan fingerprint density at radius 3 is 2.32 bits per heavy atom. The predicted octanol–water partition coefficient (Wildman–Crippen LogP) is 1.41. The first kappa shape index (κ1) is 14.7. The summed E-state index contributed by atoms with van der Waals surface area (Å²) >= 11 is 0. The molecule has 0 aliphatic heterocycles. The molecule has 0 saturated carbocycles. The third kappa shape index (κ3) is 2.91. The maximum Gasteiger partial charge on any atom is 0.325 e. The van der Waals surface area contributed by atoms with Crippen LogP contribution in [-0.2, 0) is 4.74 Å². The van der Waals surface area contributed by atoms with Crippen molar-refractivity contribution in [3.05, 3.63) is 21.7 Å². The van der Waals surface area contributed by atoms with E-state index in [4.69, 9.17) is 18.9 Å². The van der Waals surface area contributed by atoms with Gasteiger partial charge in [0.15, 0.2) is 18.8 Å². The Morgan fingerprint density at radius 2 is 1.89 bits per heavy atom. The fourth-order valence-electron chi connectivity index (χ4n) is 1.52. The van der Waals surface area contributed by atoms with E-state index >= 15 is 0 Å². The molecule has 0 spiro atoms. The summed E-state index contributed by atoms with van der Waals surface area (Å²) < 4.78 is 19.9. The number of nitro groups is 1. The number of nitrogens with zero attached hydrogens (tertiary/aromatic N) is 1. The molecular formula is C11H13NO7. The topological polar surface area (TPSA) is 97.1 Å². The summed E-state index contributed by atoms with van der Waals surface area (Å²) in [5, 5.41) is 11.0. The van der Waals surface area contributed by atoms with Crippen molar-refractivity contribution in [3.8, 4) is 17.2 Å². The van der Waals surface area contributed by atoms with E-state index in [1.165, 1.54) is 27.4 Å². The molecule has 1 rings (SSSR count). The monoisotopic (exact) mass is 271 g/mol. The number of rotatable bonds is 7. The number of aldehydes is 1. The number of ether oxygens (including phenoxy) is 4. The van der Waals surface area contributed by atoms with E-state index in [-0.39, 0.29) is 29.6 Å². The molecule has 0 amide bonds. The van der Waals surface area contributed by atoms with E-state index in [0.717, 1.165) is 0 Å². The molecule has 1 aromatic carbocycles. The molecule has 1 aromatic rings. The van der Waals surface area contributed by atoms with E-state index in [2.05, 4.69) is 0 Å². The van der Waals surface area contributed by atoms with Gasteiger partial charge < -0.3 is 18.9 Å². The summed E-state index contributed by atoms with van der Waals surface area (Å²) in [7, 11) is 3.96. The van der Waals surface area contributed by atoms with E-state index < -0.39 is 10.6 Å². The Kier molecular flexibility index (Phi) is 5.07.